The Labute approximate surface area is 122 Å². The Kier molecular flexibility index (Phi) is 4.31. The molecule has 94 valence electrons. The maximum absolute atomic E-state index is 11.9. The van der Waals surface area contributed by atoms with Crippen molar-refractivity contribution in [3.63, 3.8) is 0 Å². The van der Waals surface area contributed by atoms with Crippen molar-refractivity contribution < 1.29 is 4.79 Å². The maximum atomic E-state index is 11.9. The first-order chi connectivity index (χ1) is 8.56. The molecule has 7 heteroatoms. The minimum absolute atomic E-state index is 0.186. The van der Waals surface area contributed by atoms with Gasteiger partial charge in [-0.05, 0) is 28.9 Å². The zero-order chi connectivity index (χ0) is 13.1. The summed E-state index contributed by atoms with van der Waals surface area (Å²) in [5, 5.41) is 5.75. The molecule has 0 spiro atoms. The van der Waals surface area contributed by atoms with Crippen molar-refractivity contribution in [1.29, 1.82) is 0 Å². The Bertz CT molecular complexity index is 587. The van der Waals surface area contributed by atoms with Gasteiger partial charge in [0, 0.05) is 21.7 Å². The van der Waals surface area contributed by atoms with E-state index in [1.807, 2.05) is 12.3 Å². The second kappa shape index (κ2) is 5.77. The fourth-order valence-electron chi connectivity index (χ4n) is 1.32. The quantitative estimate of drug-likeness (QED) is 0.868. The molecule has 1 amide bonds. The van der Waals surface area contributed by atoms with Gasteiger partial charge in [-0.1, -0.05) is 11.6 Å². The lowest BCUT2D eigenvalue weighted by Crippen LogP contribution is -2.23. The van der Waals surface area contributed by atoms with Gasteiger partial charge in [0.05, 0.1) is 12.1 Å². The molecule has 0 radical (unpaired) electrons. The van der Waals surface area contributed by atoms with E-state index in [0.29, 0.717) is 16.6 Å². The summed E-state index contributed by atoms with van der Waals surface area (Å²) in [6, 6.07) is 1.64. The van der Waals surface area contributed by atoms with Gasteiger partial charge in [0.25, 0.3) is 5.91 Å². The molecule has 2 aromatic heterocycles. The smallest absolute Gasteiger partial charge is 0.254 e. The largest absolute Gasteiger partial charge is 0.345 e. The summed E-state index contributed by atoms with van der Waals surface area (Å²) in [5.41, 5.74) is 1.30. The van der Waals surface area contributed by atoms with E-state index in [1.54, 1.807) is 12.3 Å². The van der Waals surface area contributed by atoms with Crippen molar-refractivity contribution in [2.45, 2.75) is 13.5 Å². The number of hydrogen-bond acceptors (Lipinski definition) is 4. The van der Waals surface area contributed by atoms with Gasteiger partial charge < -0.3 is 5.32 Å². The summed E-state index contributed by atoms with van der Waals surface area (Å²) < 4.78 is 0.710. The number of nitrogens with one attached hydrogen (secondary N) is 1. The third kappa shape index (κ3) is 3.28. The second-order valence-corrected chi connectivity index (χ2v) is 5.77. The molecule has 0 saturated heterocycles. The number of carbonyl (C=O) groups is 1. The van der Waals surface area contributed by atoms with Crippen LogP contribution in [0, 0.1) is 6.92 Å². The molecule has 18 heavy (non-hydrogen) atoms. The summed E-state index contributed by atoms with van der Waals surface area (Å²) >= 11 is 10.6. The number of hydrogen-bond donors (Lipinski definition) is 1. The van der Waals surface area contributed by atoms with E-state index in [2.05, 4.69) is 31.2 Å². The number of nitrogens with zero attached hydrogens (tertiary/aromatic N) is 2. The topological polar surface area (TPSA) is 54.9 Å². The molecular formula is C11H9BrClN3OS. The number of amides is 1. The molecule has 0 aliphatic heterocycles. The second-order valence-electron chi connectivity index (χ2n) is 3.56. The van der Waals surface area contributed by atoms with E-state index in [9.17, 15) is 4.79 Å². The third-order valence-electron chi connectivity index (χ3n) is 2.12. The van der Waals surface area contributed by atoms with Crippen molar-refractivity contribution in [1.82, 2.24) is 15.3 Å². The molecule has 0 aliphatic rings. The van der Waals surface area contributed by atoms with Gasteiger partial charge in [0.15, 0.2) is 0 Å². The first kappa shape index (κ1) is 13.5. The molecule has 0 saturated carbocycles. The molecule has 0 atom stereocenters. The van der Waals surface area contributed by atoms with Crippen LogP contribution in [-0.2, 0) is 6.54 Å². The van der Waals surface area contributed by atoms with E-state index >= 15 is 0 Å². The fraction of sp³-hybridized carbons (Fsp3) is 0.182. The Morgan fingerprint density at radius 1 is 1.61 bits per heavy atom. The van der Waals surface area contributed by atoms with Gasteiger partial charge >= 0.3 is 0 Å². The highest BCUT2D eigenvalue weighted by molar-refractivity contribution is 9.10. The van der Waals surface area contributed by atoms with Crippen LogP contribution in [0.2, 0.25) is 5.15 Å². The summed E-state index contributed by atoms with van der Waals surface area (Å²) in [6.45, 7) is 2.30. The molecule has 4 nitrogen and oxygen atoms in total. The van der Waals surface area contributed by atoms with Crippen LogP contribution < -0.4 is 5.32 Å². The Morgan fingerprint density at radius 2 is 2.39 bits per heavy atom. The molecule has 1 N–H and O–H groups in total. The molecule has 0 aromatic carbocycles. The first-order valence-electron chi connectivity index (χ1n) is 5.06. The third-order valence-corrected chi connectivity index (χ3v) is 3.82. The van der Waals surface area contributed by atoms with Crippen molar-refractivity contribution in [2.24, 2.45) is 0 Å². The van der Waals surface area contributed by atoms with Crippen molar-refractivity contribution >= 4 is 44.8 Å². The normalized spacial score (nSPS) is 10.4. The SMILES string of the molecule is Cc1csc(CNC(=O)c2cc(Br)cnc2Cl)n1. The van der Waals surface area contributed by atoms with Gasteiger partial charge in [-0.25, -0.2) is 9.97 Å². The average molecular weight is 347 g/mol. The lowest BCUT2D eigenvalue weighted by Gasteiger charge is -2.05. The van der Waals surface area contributed by atoms with Crippen LogP contribution in [-0.4, -0.2) is 15.9 Å². The molecule has 0 bridgehead atoms. The minimum atomic E-state index is -0.262. The van der Waals surface area contributed by atoms with Crippen LogP contribution >= 0.6 is 38.9 Å². The summed E-state index contributed by atoms with van der Waals surface area (Å²) in [5.74, 6) is -0.262. The zero-order valence-corrected chi connectivity index (χ0v) is 12.6. The van der Waals surface area contributed by atoms with Crippen LogP contribution in [0.5, 0.6) is 0 Å². The number of halogens is 2. The van der Waals surface area contributed by atoms with Crippen LogP contribution in [0.3, 0.4) is 0 Å². The number of aromatic nitrogens is 2. The predicted molar refractivity (Wildman–Crippen MR) is 75.0 cm³/mol. The minimum Gasteiger partial charge on any atom is -0.345 e. The van der Waals surface area contributed by atoms with Crippen molar-refractivity contribution in [3.8, 4) is 0 Å². The molecule has 0 aliphatic carbocycles. The Balaban J connectivity index is 2.05. The summed E-state index contributed by atoms with van der Waals surface area (Å²) in [7, 11) is 0. The van der Waals surface area contributed by atoms with Gasteiger partial charge in [0.1, 0.15) is 10.2 Å². The molecule has 2 heterocycles. The predicted octanol–water partition coefficient (Wildman–Crippen LogP) is 3.19. The highest BCUT2D eigenvalue weighted by Gasteiger charge is 2.12. The Hall–Kier alpha value is -0.980. The van der Waals surface area contributed by atoms with E-state index in [1.165, 1.54) is 11.3 Å². The van der Waals surface area contributed by atoms with E-state index in [0.717, 1.165) is 10.7 Å². The average Bonchev–Trinajstić information content (AvgIpc) is 2.75. The van der Waals surface area contributed by atoms with E-state index in [4.69, 9.17) is 11.6 Å². The van der Waals surface area contributed by atoms with Crippen LogP contribution in [0.1, 0.15) is 21.1 Å². The Morgan fingerprint density at radius 3 is 3.06 bits per heavy atom. The fourth-order valence-corrected chi connectivity index (χ4v) is 2.55. The van der Waals surface area contributed by atoms with Crippen LogP contribution in [0.4, 0.5) is 0 Å². The van der Waals surface area contributed by atoms with Crippen LogP contribution in [0.15, 0.2) is 22.1 Å². The first-order valence-corrected chi connectivity index (χ1v) is 7.11. The summed E-state index contributed by atoms with van der Waals surface area (Å²) in [4.78, 5) is 20.1. The van der Waals surface area contributed by atoms with E-state index < -0.39 is 0 Å². The number of pyridine rings is 1. The zero-order valence-electron chi connectivity index (χ0n) is 9.41. The van der Waals surface area contributed by atoms with Gasteiger partial charge in [-0.15, -0.1) is 11.3 Å². The number of aryl methyl sites for hydroxylation is 1. The van der Waals surface area contributed by atoms with Crippen molar-refractivity contribution in [2.75, 3.05) is 0 Å². The highest BCUT2D eigenvalue weighted by atomic mass is 79.9. The lowest BCUT2D eigenvalue weighted by molar-refractivity contribution is 0.0950. The standard InChI is InChI=1S/C11H9BrClN3OS/c1-6-5-18-9(16-6)4-15-11(17)8-2-7(12)3-14-10(8)13/h2-3,5H,4H2,1H3,(H,15,17). The lowest BCUT2D eigenvalue weighted by atomic mass is 10.2. The molecule has 2 rings (SSSR count). The molecule has 2 aromatic rings. The number of rotatable bonds is 3. The van der Waals surface area contributed by atoms with Crippen molar-refractivity contribution in [3.05, 3.63) is 43.5 Å². The molecular weight excluding hydrogens is 338 g/mol. The number of thiazole rings is 1. The van der Waals surface area contributed by atoms with E-state index in [-0.39, 0.29) is 11.1 Å². The van der Waals surface area contributed by atoms with Gasteiger partial charge in [0.2, 0.25) is 0 Å². The monoisotopic (exact) mass is 345 g/mol. The highest BCUT2D eigenvalue weighted by Crippen LogP contribution is 2.18. The summed E-state index contributed by atoms with van der Waals surface area (Å²) in [6.07, 6.45) is 1.54. The van der Waals surface area contributed by atoms with Crippen LogP contribution in [0.25, 0.3) is 0 Å². The number of carbonyl (C=O) groups excluding carboxylic acids is 1. The molecule has 0 unspecified atom stereocenters. The van der Waals surface area contributed by atoms with Gasteiger partial charge in [-0.3, -0.25) is 4.79 Å². The van der Waals surface area contributed by atoms with Gasteiger partial charge in [-0.2, -0.15) is 0 Å². The molecule has 0 fully saturated rings. The maximum Gasteiger partial charge on any atom is 0.254 e.